The quantitative estimate of drug-likeness (QED) is 0.0744. The molecular formula is C129H81N15. The number of nitriles is 3. The Morgan fingerprint density at radius 3 is 0.819 bits per heavy atom. The molecule has 15 nitrogen and oxygen atoms in total. The number of hydrogen-bond acceptors (Lipinski definition) is 15. The average Bonchev–Trinajstić information content (AvgIpc) is 0.723. The highest BCUT2D eigenvalue weighted by atomic mass is 15.3. The first kappa shape index (κ1) is 85.4. The summed E-state index contributed by atoms with van der Waals surface area (Å²) in [5.74, 6) is 2.21. The number of rotatable bonds is 18. The van der Waals surface area contributed by atoms with E-state index in [1.807, 2.05) is 200 Å². The Labute approximate surface area is 829 Å². The fourth-order valence-electron chi connectivity index (χ4n) is 20.7. The molecule has 0 amide bonds. The zero-order valence-corrected chi connectivity index (χ0v) is 77.5. The van der Waals surface area contributed by atoms with Crippen LogP contribution in [0.15, 0.2) is 492 Å². The van der Waals surface area contributed by atoms with E-state index in [0.29, 0.717) is 22.6 Å². The van der Waals surface area contributed by atoms with Gasteiger partial charge in [0.2, 0.25) is 5.95 Å². The Kier molecular flexibility index (Phi) is 21.7. The van der Waals surface area contributed by atoms with Crippen LogP contribution in [-0.4, -0.2) is 29.9 Å². The molecule has 0 aliphatic heterocycles. The second kappa shape index (κ2) is 36.6. The fourth-order valence-corrected chi connectivity index (χ4v) is 20.7. The van der Waals surface area contributed by atoms with Crippen LogP contribution in [0.25, 0.3) is 130 Å². The molecule has 27 aromatic rings. The van der Waals surface area contributed by atoms with Crippen molar-refractivity contribution in [2.45, 2.75) is 0 Å². The lowest BCUT2D eigenvalue weighted by Gasteiger charge is -2.29. The van der Waals surface area contributed by atoms with E-state index in [2.05, 4.69) is 338 Å². The van der Waals surface area contributed by atoms with Crippen molar-refractivity contribution < 1.29 is 0 Å². The second-order valence-corrected chi connectivity index (χ2v) is 35.4. The Bertz CT molecular complexity index is 9270. The minimum atomic E-state index is 0.617. The van der Waals surface area contributed by atoms with Gasteiger partial charge in [0, 0.05) is 100 Å². The summed E-state index contributed by atoms with van der Waals surface area (Å²) in [7, 11) is 0. The van der Waals surface area contributed by atoms with Crippen molar-refractivity contribution in [2.24, 2.45) is 0 Å². The molecule has 0 aliphatic carbocycles. The van der Waals surface area contributed by atoms with Gasteiger partial charge in [0.25, 0.3) is 0 Å². The van der Waals surface area contributed by atoms with Gasteiger partial charge in [-0.15, -0.1) is 0 Å². The summed E-state index contributed by atoms with van der Waals surface area (Å²) in [4.78, 5) is 42.7. The molecule has 0 saturated carbocycles. The Balaban J connectivity index is 0.000000113. The van der Waals surface area contributed by atoms with Gasteiger partial charge in [-0.2, -0.15) is 15.8 Å². The monoisotopic (exact) mass is 1840 g/mol. The topological polar surface area (TPSA) is 168 Å². The van der Waals surface area contributed by atoms with Gasteiger partial charge in [-0.3, -0.25) is 19.7 Å². The number of para-hydroxylation sites is 10. The number of anilines is 18. The van der Waals surface area contributed by atoms with Gasteiger partial charge in [0.15, 0.2) is 5.82 Å². The molecule has 0 saturated heterocycles. The molecule has 0 atom stereocenters. The number of aromatic nitrogens is 6. The lowest BCUT2D eigenvalue weighted by molar-refractivity contribution is 1.11. The van der Waals surface area contributed by atoms with Crippen LogP contribution < -0.4 is 29.4 Å². The van der Waals surface area contributed by atoms with Crippen molar-refractivity contribution in [1.82, 2.24) is 29.9 Å². The van der Waals surface area contributed by atoms with Crippen LogP contribution in [-0.2, 0) is 0 Å². The van der Waals surface area contributed by atoms with Crippen LogP contribution >= 0.6 is 0 Å². The minimum Gasteiger partial charge on any atom is -0.310 e. The van der Waals surface area contributed by atoms with E-state index in [1.165, 1.54) is 64.6 Å². The molecule has 0 unspecified atom stereocenters. The highest BCUT2D eigenvalue weighted by Crippen LogP contribution is 2.53. The van der Waals surface area contributed by atoms with E-state index < -0.39 is 0 Å². The number of hydrogen-bond donors (Lipinski definition) is 0. The second-order valence-electron chi connectivity index (χ2n) is 35.4. The molecule has 15 heteroatoms. The van der Waals surface area contributed by atoms with Gasteiger partial charge in [0.05, 0.1) is 97.3 Å². The summed E-state index contributed by atoms with van der Waals surface area (Å²) in [6.45, 7) is 0. The average molecular weight is 1840 g/mol. The third-order valence-electron chi connectivity index (χ3n) is 27.2. The maximum absolute atomic E-state index is 9.48. The van der Waals surface area contributed by atoms with Crippen molar-refractivity contribution in [3.05, 3.63) is 509 Å². The highest BCUT2D eigenvalue weighted by molar-refractivity contribution is 6.31. The smallest absolute Gasteiger partial charge is 0.235 e. The van der Waals surface area contributed by atoms with Gasteiger partial charge in [-0.05, 0) is 277 Å². The Hall–Kier alpha value is -20.3. The lowest BCUT2D eigenvalue weighted by Crippen LogP contribution is -2.14. The van der Waals surface area contributed by atoms with Crippen LogP contribution in [0.3, 0.4) is 0 Å². The van der Waals surface area contributed by atoms with Crippen molar-refractivity contribution in [3.8, 4) is 18.2 Å². The maximum atomic E-state index is 9.48. The zero-order chi connectivity index (χ0) is 96.1. The lowest BCUT2D eigenvalue weighted by atomic mass is 9.91. The first-order valence-corrected chi connectivity index (χ1v) is 47.7. The molecular weight excluding hydrogens is 1760 g/mol. The van der Waals surface area contributed by atoms with E-state index in [-0.39, 0.29) is 0 Å². The van der Waals surface area contributed by atoms with Crippen LogP contribution in [0.5, 0.6) is 0 Å². The molecule has 144 heavy (non-hydrogen) atoms. The fraction of sp³-hybridized carbons (Fsp3) is 0. The molecule has 0 spiro atoms. The van der Waals surface area contributed by atoms with E-state index in [4.69, 9.17) is 24.9 Å². The summed E-state index contributed by atoms with van der Waals surface area (Å²) < 4.78 is 0. The summed E-state index contributed by atoms with van der Waals surface area (Å²) in [6, 6.07) is 170. The van der Waals surface area contributed by atoms with E-state index in [9.17, 15) is 15.8 Å². The number of nitrogens with zero attached hydrogens (tertiary/aromatic N) is 15. The van der Waals surface area contributed by atoms with Gasteiger partial charge in [0.1, 0.15) is 12.1 Å². The molecule has 24 aromatic carbocycles. The molecule has 0 aliphatic rings. The summed E-state index contributed by atoms with van der Waals surface area (Å²) in [6.07, 6.45) is 5.41. The van der Waals surface area contributed by atoms with Crippen molar-refractivity contribution in [1.29, 1.82) is 15.8 Å². The van der Waals surface area contributed by atoms with E-state index in [0.717, 1.165) is 162 Å². The largest absolute Gasteiger partial charge is 0.310 e. The predicted octanol–water partition coefficient (Wildman–Crippen LogP) is 34.0. The molecule has 0 N–H and O–H groups in total. The van der Waals surface area contributed by atoms with Crippen LogP contribution in [0.4, 0.5) is 103 Å². The molecule has 3 heterocycles. The van der Waals surface area contributed by atoms with Crippen LogP contribution in [0.1, 0.15) is 16.7 Å². The molecule has 0 bridgehead atoms. The van der Waals surface area contributed by atoms with E-state index in [1.54, 1.807) is 6.33 Å². The van der Waals surface area contributed by atoms with Crippen molar-refractivity contribution in [2.75, 3.05) is 29.4 Å². The third kappa shape index (κ3) is 15.3. The molecule has 3 aromatic heterocycles. The van der Waals surface area contributed by atoms with E-state index >= 15 is 0 Å². The SMILES string of the molecule is N#Cc1ccc(N(c2ccccc2)c2ccc3ccc4c(N(c5ccccc5)c5cnc6ccccc6n5)ccc5ccc2c3c54)cc1.N#Cc1ccc(N(c2ccccc2)c2ccc3ccc4c(N(c5ccccc5)c5ncc6ccccc6n5)ccc5ccc2c3c54)cc1.N#Cc1ccc(N(c2ccccc2)c2ccc3ccc4c(N(c5ccccc5)c5ncnc6ccccc56)ccc5ccc2c3c54)cc1. The van der Waals surface area contributed by atoms with Gasteiger partial charge in [-0.25, -0.2) is 24.9 Å². The van der Waals surface area contributed by atoms with Crippen LogP contribution in [0, 0.1) is 34.0 Å². The zero-order valence-electron chi connectivity index (χ0n) is 77.5. The summed E-state index contributed by atoms with van der Waals surface area (Å²) in [5, 5.41) is 51.5. The first-order chi connectivity index (χ1) is 71.3. The van der Waals surface area contributed by atoms with Gasteiger partial charge in [-0.1, -0.05) is 261 Å². The van der Waals surface area contributed by atoms with Crippen LogP contribution in [0.2, 0.25) is 0 Å². The number of fused-ring (bicyclic) bond motifs is 3. The molecule has 0 radical (unpaired) electrons. The van der Waals surface area contributed by atoms with Gasteiger partial charge < -0.3 is 14.7 Å². The molecule has 672 valence electrons. The first-order valence-electron chi connectivity index (χ1n) is 47.7. The summed E-state index contributed by atoms with van der Waals surface area (Å²) >= 11 is 0. The standard InChI is InChI=1S/3C43H27N5/c44-27-29-15-21-35(22-16-29)47(33-10-3-1-4-11-33)39-25-19-30-18-24-37-40(26-20-31-17-23-36(39)41(30)42(31)37)48(34-12-5-2-6-13-34)43-45-28-32-9-7-8-14-38(32)46-43;44-27-29-15-21-34(22-16-29)47(32-9-3-1-4-10-32)39-25-19-30-18-24-36-40(26-20-31-17-23-35(39)42(30)43(31)36)48(33-11-5-2-6-12-33)41-28-45-37-13-7-8-14-38(37)46-41;44-27-29-15-21-34(22-16-29)47(32-9-3-1-4-10-32)39-25-19-30-18-24-37-40(26-20-31-17-23-36(39)41(30)42(31)37)48(33-11-5-2-6-12-33)43-35-13-7-8-14-38(35)45-28-46-43/h3*1-26,28H. The minimum absolute atomic E-state index is 0.617. The van der Waals surface area contributed by atoms with Gasteiger partial charge >= 0.3 is 0 Å². The maximum Gasteiger partial charge on any atom is 0.235 e. The van der Waals surface area contributed by atoms with Crippen molar-refractivity contribution >= 4 is 233 Å². The highest BCUT2D eigenvalue weighted by Gasteiger charge is 2.29. The summed E-state index contributed by atoms with van der Waals surface area (Å²) in [5.41, 5.74) is 20.8. The predicted molar refractivity (Wildman–Crippen MR) is 592 cm³/mol. The number of benzene rings is 24. The molecule has 27 rings (SSSR count). The molecule has 0 fully saturated rings. The Morgan fingerprint density at radius 1 is 0.174 bits per heavy atom. The van der Waals surface area contributed by atoms with Crippen molar-refractivity contribution in [3.63, 3.8) is 0 Å². The normalized spacial score (nSPS) is 11.3. The third-order valence-corrected chi connectivity index (χ3v) is 27.2. The Morgan fingerprint density at radius 2 is 0.451 bits per heavy atom.